The molecule has 1 fully saturated rings. The van der Waals surface area contributed by atoms with Crippen molar-refractivity contribution in [1.82, 2.24) is 10.2 Å². The topological polar surface area (TPSA) is 71.1 Å². The Morgan fingerprint density at radius 1 is 1.00 bits per heavy atom. The van der Waals surface area contributed by atoms with E-state index in [9.17, 15) is 9.59 Å². The zero-order chi connectivity index (χ0) is 19.2. The van der Waals surface area contributed by atoms with Gasteiger partial charge in [-0.1, -0.05) is 30.3 Å². The number of carbonyl (C=O) groups is 2. The van der Waals surface area contributed by atoms with Crippen LogP contribution in [0.25, 0.3) is 0 Å². The van der Waals surface area contributed by atoms with Crippen LogP contribution in [0.15, 0.2) is 48.5 Å². The van der Waals surface area contributed by atoms with Crippen molar-refractivity contribution in [2.24, 2.45) is 0 Å². The lowest BCUT2D eigenvalue weighted by Gasteiger charge is -2.20. The summed E-state index contributed by atoms with van der Waals surface area (Å²) >= 11 is 0. The van der Waals surface area contributed by atoms with Gasteiger partial charge in [0.05, 0.1) is 19.9 Å². The first-order valence-electron chi connectivity index (χ1n) is 8.72. The molecule has 1 N–H and O–H groups in total. The van der Waals surface area contributed by atoms with Gasteiger partial charge in [0.25, 0.3) is 0 Å². The highest BCUT2D eigenvalue weighted by Gasteiger charge is 2.32. The number of amides is 3. The van der Waals surface area contributed by atoms with Crippen molar-refractivity contribution in [1.29, 1.82) is 0 Å². The first-order chi connectivity index (χ1) is 13.1. The Kier molecular flexibility index (Phi) is 5.80. The second-order valence-electron chi connectivity index (χ2n) is 6.12. The van der Waals surface area contributed by atoms with Gasteiger partial charge in [0.15, 0.2) is 0 Å². The zero-order valence-corrected chi connectivity index (χ0v) is 15.5. The Labute approximate surface area is 158 Å². The molecule has 0 unspecified atom stereocenters. The van der Waals surface area contributed by atoms with Gasteiger partial charge in [-0.25, -0.2) is 4.79 Å². The van der Waals surface area contributed by atoms with E-state index in [1.165, 1.54) is 4.90 Å². The smallest absolute Gasteiger partial charge is 0.325 e. The number of carbonyl (C=O) groups excluding carboxylic acids is 2. The molecule has 2 aromatic carbocycles. The highest BCUT2D eigenvalue weighted by Crippen LogP contribution is 2.30. The van der Waals surface area contributed by atoms with Crippen LogP contribution >= 0.6 is 0 Å². The minimum Gasteiger partial charge on any atom is -0.496 e. The number of nitrogens with zero attached hydrogens (tertiary/aromatic N) is 2. The van der Waals surface area contributed by atoms with Gasteiger partial charge in [-0.05, 0) is 18.2 Å². The fraction of sp³-hybridized carbons (Fsp3) is 0.300. The normalized spacial score (nSPS) is 13.6. The molecule has 2 aromatic rings. The van der Waals surface area contributed by atoms with Crippen molar-refractivity contribution in [3.8, 4) is 11.5 Å². The lowest BCUT2D eigenvalue weighted by Crippen LogP contribution is -2.39. The Morgan fingerprint density at radius 2 is 1.67 bits per heavy atom. The quantitative estimate of drug-likeness (QED) is 0.813. The molecule has 3 rings (SSSR count). The third kappa shape index (κ3) is 4.13. The Morgan fingerprint density at radius 3 is 2.41 bits per heavy atom. The number of benzene rings is 2. The predicted molar refractivity (Wildman–Crippen MR) is 102 cm³/mol. The van der Waals surface area contributed by atoms with Crippen LogP contribution < -0.4 is 19.7 Å². The fourth-order valence-electron chi connectivity index (χ4n) is 3.08. The molecule has 27 heavy (non-hydrogen) atoms. The number of urea groups is 1. The number of nitrogens with one attached hydrogen (secondary N) is 1. The summed E-state index contributed by atoms with van der Waals surface area (Å²) in [5, 5.41) is 2.84. The minimum absolute atomic E-state index is 0.0135. The van der Waals surface area contributed by atoms with Crippen LogP contribution in [0.3, 0.4) is 0 Å². The molecular weight excluding hydrogens is 346 g/mol. The van der Waals surface area contributed by atoms with Gasteiger partial charge in [0.1, 0.15) is 18.0 Å². The average molecular weight is 369 g/mol. The molecule has 0 radical (unpaired) electrons. The molecule has 7 nitrogen and oxygen atoms in total. The molecule has 7 heteroatoms. The highest BCUT2D eigenvalue weighted by atomic mass is 16.5. The SMILES string of the molecule is COc1ccccc1CNC(=O)CN1CCN(c2ccccc2OC)C1=O. The van der Waals surface area contributed by atoms with E-state index >= 15 is 0 Å². The van der Waals surface area contributed by atoms with E-state index < -0.39 is 0 Å². The highest BCUT2D eigenvalue weighted by molar-refractivity contribution is 5.97. The first kappa shape index (κ1) is 18.6. The summed E-state index contributed by atoms with van der Waals surface area (Å²) < 4.78 is 10.6. The van der Waals surface area contributed by atoms with Crippen LogP contribution in [-0.2, 0) is 11.3 Å². The second kappa shape index (κ2) is 8.44. The molecular formula is C20H23N3O4. The Hall–Kier alpha value is -3.22. The minimum atomic E-state index is -0.212. The lowest BCUT2D eigenvalue weighted by molar-refractivity contribution is -0.121. The molecule has 0 bridgehead atoms. The van der Waals surface area contributed by atoms with Crippen molar-refractivity contribution in [2.75, 3.05) is 38.8 Å². The molecule has 1 heterocycles. The maximum Gasteiger partial charge on any atom is 0.325 e. The number of hydrogen-bond acceptors (Lipinski definition) is 4. The van der Waals surface area contributed by atoms with Gasteiger partial charge in [0.2, 0.25) is 5.91 Å². The number of ether oxygens (including phenoxy) is 2. The summed E-state index contributed by atoms with van der Waals surface area (Å²) in [6.45, 7) is 1.36. The molecule has 1 saturated heterocycles. The van der Waals surface area contributed by atoms with E-state index in [0.29, 0.717) is 31.1 Å². The van der Waals surface area contributed by atoms with E-state index in [1.54, 1.807) is 19.1 Å². The van der Waals surface area contributed by atoms with Gasteiger partial charge in [-0.15, -0.1) is 0 Å². The van der Waals surface area contributed by atoms with Crippen LogP contribution in [0.4, 0.5) is 10.5 Å². The fourth-order valence-corrected chi connectivity index (χ4v) is 3.08. The summed E-state index contributed by atoms with van der Waals surface area (Å²) in [5.74, 6) is 1.14. The number of methoxy groups -OCH3 is 2. The molecule has 1 aliphatic heterocycles. The van der Waals surface area contributed by atoms with E-state index in [1.807, 2.05) is 48.5 Å². The predicted octanol–water partition coefficient (Wildman–Crippen LogP) is 2.26. The molecule has 1 aliphatic rings. The number of hydrogen-bond donors (Lipinski definition) is 1. The van der Waals surface area contributed by atoms with Gasteiger partial charge in [-0.2, -0.15) is 0 Å². The molecule has 0 aromatic heterocycles. The Balaban J connectivity index is 1.58. The molecule has 3 amide bonds. The van der Waals surface area contributed by atoms with Crippen molar-refractivity contribution in [3.63, 3.8) is 0 Å². The summed E-state index contributed by atoms with van der Waals surface area (Å²) in [4.78, 5) is 28.1. The summed E-state index contributed by atoms with van der Waals surface area (Å²) in [5.41, 5.74) is 1.60. The van der Waals surface area contributed by atoms with E-state index in [0.717, 1.165) is 11.3 Å². The standard InChI is InChI=1S/C20H23N3O4/c1-26-17-9-5-3-7-15(17)13-21-19(24)14-22-11-12-23(20(22)25)16-8-4-6-10-18(16)27-2/h3-10H,11-14H2,1-2H3,(H,21,24). The summed E-state index contributed by atoms with van der Waals surface area (Å²) in [7, 11) is 3.17. The number of rotatable bonds is 7. The molecule has 0 saturated carbocycles. The van der Waals surface area contributed by atoms with E-state index in [4.69, 9.17) is 9.47 Å². The monoisotopic (exact) mass is 369 g/mol. The largest absolute Gasteiger partial charge is 0.496 e. The van der Waals surface area contributed by atoms with Crippen LogP contribution in [0, 0.1) is 0 Å². The molecule has 0 spiro atoms. The van der Waals surface area contributed by atoms with Gasteiger partial charge in [0, 0.05) is 25.2 Å². The van der Waals surface area contributed by atoms with E-state index in [2.05, 4.69) is 5.32 Å². The van der Waals surface area contributed by atoms with Crippen molar-refractivity contribution < 1.29 is 19.1 Å². The number of para-hydroxylation sites is 3. The van der Waals surface area contributed by atoms with Gasteiger partial charge < -0.3 is 19.7 Å². The average Bonchev–Trinajstić information content (AvgIpc) is 3.06. The van der Waals surface area contributed by atoms with Gasteiger partial charge in [-0.3, -0.25) is 9.69 Å². The van der Waals surface area contributed by atoms with E-state index in [-0.39, 0.29) is 18.5 Å². The van der Waals surface area contributed by atoms with Crippen LogP contribution in [0.5, 0.6) is 11.5 Å². The molecule has 0 atom stereocenters. The van der Waals surface area contributed by atoms with Crippen molar-refractivity contribution in [3.05, 3.63) is 54.1 Å². The third-order valence-electron chi connectivity index (χ3n) is 4.47. The summed E-state index contributed by atoms with van der Waals surface area (Å²) in [6, 6.07) is 14.7. The third-order valence-corrected chi connectivity index (χ3v) is 4.47. The van der Waals surface area contributed by atoms with Crippen molar-refractivity contribution in [2.45, 2.75) is 6.54 Å². The second-order valence-corrected chi connectivity index (χ2v) is 6.12. The first-order valence-corrected chi connectivity index (χ1v) is 8.72. The van der Waals surface area contributed by atoms with Crippen LogP contribution in [-0.4, -0.2) is 50.7 Å². The van der Waals surface area contributed by atoms with Crippen LogP contribution in [0.1, 0.15) is 5.56 Å². The maximum atomic E-state index is 12.7. The van der Waals surface area contributed by atoms with Gasteiger partial charge >= 0.3 is 6.03 Å². The number of anilines is 1. The lowest BCUT2D eigenvalue weighted by atomic mass is 10.2. The van der Waals surface area contributed by atoms with Crippen molar-refractivity contribution >= 4 is 17.6 Å². The Bertz CT molecular complexity index is 824. The van der Waals surface area contributed by atoms with Crippen LogP contribution in [0.2, 0.25) is 0 Å². The maximum absolute atomic E-state index is 12.7. The zero-order valence-electron chi connectivity index (χ0n) is 15.5. The molecule has 0 aliphatic carbocycles. The molecule has 142 valence electrons. The summed E-state index contributed by atoms with van der Waals surface area (Å²) in [6.07, 6.45) is 0.